The van der Waals surface area contributed by atoms with Crippen LogP contribution >= 0.6 is 67.8 Å². The van der Waals surface area contributed by atoms with Crippen molar-refractivity contribution in [3.63, 3.8) is 0 Å². The Morgan fingerprint density at radius 2 is 0.798 bits per heavy atom. The summed E-state index contributed by atoms with van der Waals surface area (Å²) in [6.07, 6.45) is -42.7. The average Bonchev–Trinajstić information content (AvgIpc) is 0.767. The van der Waals surface area contributed by atoms with Crippen LogP contribution in [0.4, 0.5) is 79.0 Å². The summed E-state index contributed by atoms with van der Waals surface area (Å²) in [4.78, 5) is 70.7. The van der Waals surface area contributed by atoms with Gasteiger partial charge in [0, 0.05) is 54.8 Å². The summed E-state index contributed by atoms with van der Waals surface area (Å²) in [5.41, 5.74) is -13.3. The maximum Gasteiger partial charge on any atom is 0.438 e. The maximum atomic E-state index is 13.2. The number of benzene rings is 3. The number of halogens is 21. The minimum Gasteiger partial charge on any atom is -0.748 e. The topological polar surface area (TPSA) is 272 Å². The molecule has 0 N–H and O–H groups in total. The second-order valence-electron chi connectivity index (χ2n) is 19.9. The molecule has 0 bridgehead atoms. The Morgan fingerprint density at radius 1 is 0.447 bits per heavy atom. The van der Waals surface area contributed by atoms with Gasteiger partial charge in [0.25, 0.3) is 0 Å². The molecule has 0 radical (unpaired) electrons. The molecule has 4 rings (SSSR count). The number of rotatable bonds is 25. The Morgan fingerprint density at radius 3 is 1.16 bits per heavy atom. The zero-order valence-electron chi connectivity index (χ0n) is 47.7. The smallest absolute Gasteiger partial charge is 0.438 e. The molecule has 0 saturated heterocycles. The molecule has 3 aromatic rings. The van der Waals surface area contributed by atoms with Crippen molar-refractivity contribution in [2.45, 2.75) is 151 Å². The van der Waals surface area contributed by atoms with Gasteiger partial charge in [0.15, 0.2) is 0 Å². The van der Waals surface area contributed by atoms with E-state index in [1.807, 2.05) is 46.9 Å². The van der Waals surface area contributed by atoms with Gasteiger partial charge in [-0.05, 0) is 148 Å². The van der Waals surface area contributed by atoms with E-state index in [1.54, 1.807) is 48.5 Å². The summed E-state index contributed by atoms with van der Waals surface area (Å²) < 4.78 is 328. The lowest BCUT2D eigenvalue weighted by Crippen LogP contribution is -2.63. The van der Waals surface area contributed by atoms with Crippen LogP contribution in [0, 0.1) is 22.5 Å². The molecule has 1 saturated carbocycles. The average molecular weight is 1760 g/mol. The molecule has 1 aliphatic rings. The van der Waals surface area contributed by atoms with E-state index in [9.17, 15) is 134 Å². The van der Waals surface area contributed by atoms with Crippen molar-refractivity contribution in [2.24, 2.45) is 11.8 Å². The number of alkyl halides is 18. The van der Waals surface area contributed by atoms with Gasteiger partial charge in [0.05, 0.1) is 50.2 Å². The predicted molar refractivity (Wildman–Crippen MR) is 307 cm³/mol. The van der Waals surface area contributed by atoms with Crippen LogP contribution in [0.2, 0.25) is 0 Å². The van der Waals surface area contributed by atoms with Gasteiger partial charge >= 0.3 is 89.7 Å². The molecule has 532 valence electrons. The van der Waals surface area contributed by atoms with Crippen LogP contribution < -0.4 is 0 Å². The Hall–Kier alpha value is -4.77. The van der Waals surface area contributed by atoms with E-state index >= 15 is 0 Å². The lowest BCUT2D eigenvalue weighted by molar-refractivity contribution is -0.371. The predicted octanol–water partition coefficient (Wildman–Crippen LogP) is 12.9. The fourth-order valence-corrected chi connectivity index (χ4v) is 11.0. The molecule has 0 aliphatic heterocycles. The fraction of sp³-hybridized carbons (Fsp3) is 0.547. The van der Waals surface area contributed by atoms with E-state index in [2.05, 4.69) is 59.4 Å². The number of hydrogen-bond acceptors (Lipinski definition) is 18. The van der Waals surface area contributed by atoms with Gasteiger partial charge in [-0.1, -0.05) is 49.4 Å². The summed E-state index contributed by atoms with van der Waals surface area (Å²) >= 11 is 6.20. The van der Waals surface area contributed by atoms with Crippen LogP contribution in [0.25, 0.3) is 0 Å². The van der Waals surface area contributed by atoms with E-state index in [1.165, 1.54) is 0 Å². The van der Waals surface area contributed by atoms with Crippen LogP contribution in [-0.2, 0) is 97.1 Å². The first-order valence-corrected chi connectivity index (χ1v) is 32.8. The normalized spacial score (nSPS) is 15.4. The molecule has 0 spiro atoms. The molecule has 0 atom stereocenters. The number of carbonyl (C=O) groups is 6. The molecule has 94 heavy (non-hydrogen) atoms. The molecule has 3 aromatic carbocycles. The molecular formula is C53H51F18I3O18S2-2. The number of carbonyl (C=O) groups excluding carboxylic acids is 6. The quantitative estimate of drug-likeness (QED) is 0.0251. The molecule has 41 heteroatoms. The van der Waals surface area contributed by atoms with Gasteiger partial charge in [-0.3, -0.25) is 28.8 Å². The van der Waals surface area contributed by atoms with E-state index in [-0.39, 0.29) is 45.5 Å². The largest absolute Gasteiger partial charge is 0.748 e. The van der Waals surface area contributed by atoms with Gasteiger partial charge < -0.3 is 37.5 Å². The Kier molecular flexibility index (Phi) is 31.9. The highest BCUT2D eigenvalue weighted by atomic mass is 127. The van der Waals surface area contributed by atoms with Gasteiger partial charge in [-0.2, -0.15) is 79.0 Å². The summed E-state index contributed by atoms with van der Waals surface area (Å²) in [7, 11) is -12.2. The first-order chi connectivity index (χ1) is 42.8. The van der Waals surface area contributed by atoms with Gasteiger partial charge in [0.2, 0.25) is 0 Å². The van der Waals surface area contributed by atoms with Gasteiger partial charge in [0.1, 0.15) is 13.2 Å². The van der Waals surface area contributed by atoms with E-state index in [0.717, 1.165) is 21.8 Å². The molecule has 0 amide bonds. The zero-order valence-corrected chi connectivity index (χ0v) is 55.8. The fourth-order valence-electron chi connectivity index (χ4n) is 7.96. The van der Waals surface area contributed by atoms with Crippen molar-refractivity contribution >= 4 is 124 Å². The second-order valence-corrected chi connectivity index (χ2v) is 26.4. The standard InChI is InChI=1S/C20H21F6IO4.C17H17F6IO7S.C16H15F6IO7S/c1-2-18(19(21,22)23,20(24,25)26)31-17(29)14-7-5-13(6-8-14)16(28)30-11-12-3-9-15(27)10-4-12;18-16(19,20)15(17(21,22)23,10-32(27,28)29)31-14(26)3-1-2-13(25)30-9-8-11-4-6-12(24)7-5-11;17-15(18,19)14(16(20,21)22,9-31(26,27)28)30-13(25)7-3-6-12(24)29-8-10-4-1-2-5-11(10)23/h3-4,9-10,13-14H,2,5-8,11H2,1H3;4-7H,1-3,8-10H2,(H,27,28,29);1-2,4-5H,3,6-9H2,(H,26,27,28)/p-2. The second kappa shape index (κ2) is 35.1. The van der Waals surface area contributed by atoms with E-state index in [0.29, 0.717) is 18.9 Å². The van der Waals surface area contributed by atoms with Crippen molar-refractivity contribution in [3.8, 4) is 0 Å². The SMILES string of the molecule is CCC(OC(=O)C1CCC(C(=O)OCc2ccc(I)cc2)CC1)(C(F)(F)F)C(F)(F)F.O=C(CCCC(=O)OC(CS(=O)(=O)[O-])(C(F)(F)F)C(F)(F)F)OCCc1ccc(I)cc1.O=C(CCCC(=O)OC(CS(=O)(=O)[O-])(C(F)(F)F)C(F)(F)F)OCc1ccccc1I. The minimum absolute atomic E-state index is 0.0451. The lowest BCUT2D eigenvalue weighted by Gasteiger charge is -2.37. The summed E-state index contributed by atoms with van der Waals surface area (Å²) in [6.45, 7) is 0.522. The molecule has 0 heterocycles. The minimum atomic E-state index is -6.44. The molecular weight excluding hydrogens is 1710 g/mol. The van der Waals surface area contributed by atoms with Crippen LogP contribution in [-0.4, -0.2) is 134 Å². The Bertz CT molecular complexity index is 3200. The molecule has 1 fully saturated rings. The first-order valence-electron chi connectivity index (χ1n) is 26.4. The highest BCUT2D eigenvalue weighted by Gasteiger charge is 2.77. The van der Waals surface area contributed by atoms with Gasteiger partial charge in [-0.15, -0.1) is 0 Å². The van der Waals surface area contributed by atoms with Crippen LogP contribution in [0.1, 0.15) is 94.2 Å². The summed E-state index contributed by atoms with van der Waals surface area (Å²) in [6, 6.07) is 21.3. The van der Waals surface area contributed by atoms with E-state index < -0.39 is 178 Å². The maximum absolute atomic E-state index is 13.2. The third kappa shape index (κ3) is 26.6. The van der Waals surface area contributed by atoms with Crippen LogP contribution in [0.15, 0.2) is 72.8 Å². The molecule has 0 aromatic heterocycles. The third-order valence-corrected chi connectivity index (χ3v) is 17.0. The van der Waals surface area contributed by atoms with Crippen LogP contribution in [0.5, 0.6) is 0 Å². The Labute approximate surface area is 563 Å². The van der Waals surface area contributed by atoms with Crippen molar-refractivity contribution in [2.75, 3.05) is 18.1 Å². The number of ether oxygens (including phenoxy) is 6. The van der Waals surface area contributed by atoms with Crippen molar-refractivity contribution < 1.29 is 162 Å². The first kappa shape index (κ1) is 85.3. The lowest BCUT2D eigenvalue weighted by atomic mass is 9.82. The summed E-state index contributed by atoms with van der Waals surface area (Å²) in [5, 5.41) is 0. The number of hydrogen-bond donors (Lipinski definition) is 0. The van der Waals surface area contributed by atoms with Crippen molar-refractivity contribution in [1.29, 1.82) is 0 Å². The molecule has 18 nitrogen and oxygen atoms in total. The van der Waals surface area contributed by atoms with Crippen molar-refractivity contribution in [3.05, 3.63) is 100 Å². The highest BCUT2D eigenvalue weighted by molar-refractivity contribution is 14.1. The Balaban J connectivity index is 0.000000480. The highest BCUT2D eigenvalue weighted by Crippen LogP contribution is 2.51. The summed E-state index contributed by atoms with van der Waals surface area (Å²) in [5.74, 6) is -15.9. The monoisotopic (exact) mass is 1760 g/mol. The van der Waals surface area contributed by atoms with Gasteiger partial charge in [-0.25, -0.2) is 16.8 Å². The molecule has 0 unspecified atom stereocenters. The van der Waals surface area contributed by atoms with Crippen molar-refractivity contribution in [1.82, 2.24) is 0 Å². The molecule has 1 aliphatic carbocycles. The number of esters is 6. The third-order valence-electron chi connectivity index (χ3n) is 13.0. The van der Waals surface area contributed by atoms with E-state index in [4.69, 9.17) is 14.2 Å². The zero-order chi connectivity index (χ0) is 72.3. The van der Waals surface area contributed by atoms with Crippen LogP contribution in [0.3, 0.4) is 0 Å².